The molecule has 4 heteroatoms. The second-order valence-corrected chi connectivity index (χ2v) is 5.26. The number of hydrogen-bond acceptors (Lipinski definition) is 3. The molecule has 0 aliphatic heterocycles. The van der Waals surface area contributed by atoms with Crippen LogP contribution in [0.2, 0.25) is 0 Å². The summed E-state index contributed by atoms with van der Waals surface area (Å²) in [5.41, 5.74) is 1.28. The van der Waals surface area contributed by atoms with E-state index in [1.807, 2.05) is 12.5 Å². The molecule has 0 radical (unpaired) electrons. The molecule has 1 N–H and O–H groups in total. The number of nitrogens with zero attached hydrogens (tertiary/aromatic N) is 3. The summed E-state index contributed by atoms with van der Waals surface area (Å²) in [5, 5.41) is 3.46. The van der Waals surface area contributed by atoms with Crippen molar-refractivity contribution >= 4 is 0 Å². The quantitative estimate of drug-likeness (QED) is 0.746. The van der Waals surface area contributed by atoms with Crippen LogP contribution in [0.3, 0.4) is 0 Å². The largest absolute Gasteiger partial charge is 0.333 e. The predicted octanol–water partition coefficient (Wildman–Crippen LogP) is 1.58. The third-order valence-corrected chi connectivity index (χ3v) is 2.66. The lowest BCUT2D eigenvalue weighted by Crippen LogP contribution is -2.21. The predicted molar refractivity (Wildman–Crippen MR) is 71.9 cm³/mol. The molecule has 0 saturated carbocycles. The van der Waals surface area contributed by atoms with Gasteiger partial charge in [0.05, 0.1) is 12.0 Å². The summed E-state index contributed by atoms with van der Waals surface area (Å²) >= 11 is 0. The van der Waals surface area contributed by atoms with Crippen LogP contribution in [0.5, 0.6) is 0 Å². The van der Waals surface area contributed by atoms with Gasteiger partial charge >= 0.3 is 0 Å². The summed E-state index contributed by atoms with van der Waals surface area (Å²) in [4.78, 5) is 6.44. The maximum atomic E-state index is 4.23. The van der Waals surface area contributed by atoms with Crippen LogP contribution in [-0.4, -0.2) is 41.6 Å². The Morgan fingerprint density at radius 2 is 2.18 bits per heavy atom. The summed E-state index contributed by atoms with van der Waals surface area (Å²) in [7, 11) is 4.22. The molecule has 0 aliphatic rings. The number of imidazole rings is 1. The Hall–Kier alpha value is -0.870. The highest BCUT2D eigenvalue weighted by Gasteiger charge is 2.02. The van der Waals surface area contributed by atoms with E-state index in [1.165, 1.54) is 12.1 Å². The molecule has 4 nitrogen and oxygen atoms in total. The topological polar surface area (TPSA) is 33.1 Å². The van der Waals surface area contributed by atoms with Gasteiger partial charge in [-0.3, -0.25) is 0 Å². The van der Waals surface area contributed by atoms with Crippen LogP contribution in [0.25, 0.3) is 0 Å². The van der Waals surface area contributed by atoms with Crippen molar-refractivity contribution in [2.24, 2.45) is 5.92 Å². The van der Waals surface area contributed by atoms with Crippen LogP contribution < -0.4 is 5.32 Å². The Labute approximate surface area is 105 Å². The number of aromatic nitrogens is 2. The molecule has 98 valence electrons. The molecule has 1 aromatic rings. The maximum Gasteiger partial charge on any atom is 0.0948 e. The van der Waals surface area contributed by atoms with E-state index in [0.29, 0.717) is 5.92 Å². The summed E-state index contributed by atoms with van der Waals surface area (Å²) in [6, 6.07) is 0. The van der Waals surface area contributed by atoms with Crippen molar-refractivity contribution in [3.8, 4) is 0 Å². The fourth-order valence-electron chi connectivity index (χ4n) is 1.74. The SMILES string of the molecule is CC(C)CNCc1cncn1CCCN(C)C. The van der Waals surface area contributed by atoms with Crippen molar-refractivity contribution in [1.82, 2.24) is 19.8 Å². The van der Waals surface area contributed by atoms with E-state index in [2.05, 4.69) is 47.7 Å². The monoisotopic (exact) mass is 238 g/mol. The van der Waals surface area contributed by atoms with Crippen molar-refractivity contribution in [3.63, 3.8) is 0 Å². The van der Waals surface area contributed by atoms with Crippen molar-refractivity contribution in [1.29, 1.82) is 0 Å². The molecule has 0 fully saturated rings. The molecule has 0 aliphatic carbocycles. The van der Waals surface area contributed by atoms with Gasteiger partial charge in [-0.05, 0) is 39.5 Å². The molecule has 0 unspecified atom stereocenters. The highest BCUT2D eigenvalue weighted by atomic mass is 15.1. The van der Waals surface area contributed by atoms with Crippen LogP contribution in [0, 0.1) is 5.92 Å². The van der Waals surface area contributed by atoms with Gasteiger partial charge < -0.3 is 14.8 Å². The molecule has 0 bridgehead atoms. The zero-order chi connectivity index (χ0) is 12.7. The van der Waals surface area contributed by atoms with E-state index >= 15 is 0 Å². The second kappa shape index (κ2) is 7.45. The summed E-state index contributed by atoms with van der Waals surface area (Å²) in [6.45, 7) is 8.60. The molecule has 0 amide bonds. The Bertz CT molecular complexity index is 276. The van der Waals surface area contributed by atoms with Gasteiger partial charge in [0.15, 0.2) is 0 Å². The van der Waals surface area contributed by atoms with Crippen LogP contribution >= 0.6 is 0 Å². The molecule has 17 heavy (non-hydrogen) atoms. The van der Waals surface area contributed by atoms with E-state index in [-0.39, 0.29) is 0 Å². The fraction of sp³-hybridized carbons (Fsp3) is 0.769. The van der Waals surface area contributed by atoms with Gasteiger partial charge in [0.2, 0.25) is 0 Å². The highest BCUT2D eigenvalue weighted by Crippen LogP contribution is 2.01. The average Bonchev–Trinajstić information content (AvgIpc) is 2.65. The van der Waals surface area contributed by atoms with Crippen molar-refractivity contribution < 1.29 is 0 Å². The van der Waals surface area contributed by atoms with E-state index in [9.17, 15) is 0 Å². The zero-order valence-electron chi connectivity index (χ0n) is 11.6. The normalized spacial score (nSPS) is 11.6. The molecule has 0 spiro atoms. The number of rotatable bonds is 8. The van der Waals surface area contributed by atoms with Gasteiger partial charge in [0, 0.05) is 19.3 Å². The number of aryl methyl sites for hydroxylation is 1. The number of hydrogen-bond donors (Lipinski definition) is 1. The molecule has 0 saturated heterocycles. The van der Waals surface area contributed by atoms with Gasteiger partial charge in [0.1, 0.15) is 0 Å². The lowest BCUT2D eigenvalue weighted by atomic mass is 10.2. The van der Waals surface area contributed by atoms with E-state index < -0.39 is 0 Å². The summed E-state index contributed by atoms with van der Waals surface area (Å²) in [6.07, 6.45) is 5.06. The van der Waals surface area contributed by atoms with E-state index in [0.717, 1.165) is 26.2 Å². The first-order valence-corrected chi connectivity index (χ1v) is 6.44. The molecule has 1 aromatic heterocycles. The van der Waals surface area contributed by atoms with Gasteiger partial charge in [-0.25, -0.2) is 4.98 Å². The molecule has 0 atom stereocenters. The standard InChI is InChI=1S/C13H26N4/c1-12(2)8-14-9-13-10-15-11-17(13)7-5-6-16(3)4/h10-12,14H,5-9H2,1-4H3. The highest BCUT2D eigenvalue weighted by molar-refractivity contribution is 4.97. The Balaban J connectivity index is 2.32. The van der Waals surface area contributed by atoms with Crippen LogP contribution in [0.1, 0.15) is 26.0 Å². The molecular weight excluding hydrogens is 212 g/mol. The summed E-state index contributed by atoms with van der Waals surface area (Å²) < 4.78 is 2.25. The minimum atomic E-state index is 0.695. The zero-order valence-corrected chi connectivity index (χ0v) is 11.6. The summed E-state index contributed by atoms with van der Waals surface area (Å²) in [5.74, 6) is 0.695. The van der Waals surface area contributed by atoms with Gasteiger partial charge in [-0.15, -0.1) is 0 Å². The average molecular weight is 238 g/mol. The number of nitrogens with one attached hydrogen (secondary N) is 1. The molecular formula is C13H26N4. The Kier molecular flexibility index (Phi) is 6.22. The van der Waals surface area contributed by atoms with Crippen LogP contribution in [0.4, 0.5) is 0 Å². The van der Waals surface area contributed by atoms with E-state index in [4.69, 9.17) is 0 Å². The maximum absolute atomic E-state index is 4.23. The van der Waals surface area contributed by atoms with Gasteiger partial charge in [-0.1, -0.05) is 13.8 Å². The van der Waals surface area contributed by atoms with Crippen LogP contribution in [0.15, 0.2) is 12.5 Å². The molecule has 1 heterocycles. The first kappa shape index (κ1) is 14.2. The third-order valence-electron chi connectivity index (χ3n) is 2.66. The van der Waals surface area contributed by atoms with E-state index in [1.54, 1.807) is 0 Å². The van der Waals surface area contributed by atoms with Crippen molar-refractivity contribution in [2.45, 2.75) is 33.4 Å². The molecule has 1 rings (SSSR count). The smallest absolute Gasteiger partial charge is 0.0948 e. The lowest BCUT2D eigenvalue weighted by Gasteiger charge is -2.12. The lowest BCUT2D eigenvalue weighted by molar-refractivity contribution is 0.384. The Morgan fingerprint density at radius 3 is 2.82 bits per heavy atom. The third kappa shape index (κ3) is 5.84. The van der Waals surface area contributed by atoms with Crippen molar-refractivity contribution in [2.75, 3.05) is 27.2 Å². The Morgan fingerprint density at radius 1 is 1.41 bits per heavy atom. The van der Waals surface area contributed by atoms with Crippen LogP contribution in [-0.2, 0) is 13.1 Å². The first-order valence-electron chi connectivity index (χ1n) is 6.44. The molecule has 0 aromatic carbocycles. The van der Waals surface area contributed by atoms with Crippen molar-refractivity contribution in [3.05, 3.63) is 18.2 Å². The van der Waals surface area contributed by atoms with Gasteiger partial charge in [0.25, 0.3) is 0 Å². The van der Waals surface area contributed by atoms with Gasteiger partial charge in [-0.2, -0.15) is 0 Å². The fourth-order valence-corrected chi connectivity index (χ4v) is 1.74. The second-order valence-electron chi connectivity index (χ2n) is 5.26. The minimum Gasteiger partial charge on any atom is -0.333 e. The minimum absolute atomic E-state index is 0.695. The first-order chi connectivity index (χ1) is 8.09.